The van der Waals surface area contributed by atoms with Crippen LogP contribution < -0.4 is 5.32 Å². The number of nitrogens with zero attached hydrogens (tertiary/aromatic N) is 2. The second-order valence-corrected chi connectivity index (χ2v) is 4.60. The van der Waals surface area contributed by atoms with E-state index >= 15 is 0 Å². The van der Waals surface area contributed by atoms with Gasteiger partial charge in [-0.15, -0.1) is 0 Å². The Hall–Kier alpha value is -1.68. The van der Waals surface area contributed by atoms with Crippen molar-refractivity contribution in [1.29, 1.82) is 0 Å². The first kappa shape index (κ1) is 13.7. The lowest BCUT2D eigenvalue weighted by Crippen LogP contribution is -2.22. The van der Waals surface area contributed by atoms with Gasteiger partial charge in [0.2, 0.25) is 0 Å². The number of rotatable bonds is 5. The van der Waals surface area contributed by atoms with Crippen molar-refractivity contribution < 1.29 is 4.39 Å². The van der Waals surface area contributed by atoms with E-state index in [0.29, 0.717) is 0 Å². The highest BCUT2D eigenvalue weighted by Gasteiger charge is 2.19. The quantitative estimate of drug-likeness (QED) is 0.897. The third kappa shape index (κ3) is 3.01. The molecule has 4 heteroatoms. The molecule has 1 atom stereocenters. The van der Waals surface area contributed by atoms with E-state index < -0.39 is 0 Å². The Morgan fingerprint density at radius 3 is 2.79 bits per heavy atom. The number of aryl methyl sites for hydroxylation is 2. The van der Waals surface area contributed by atoms with Gasteiger partial charge < -0.3 is 5.32 Å². The van der Waals surface area contributed by atoms with Gasteiger partial charge in [0.25, 0.3) is 0 Å². The van der Waals surface area contributed by atoms with E-state index in [9.17, 15) is 4.39 Å². The second kappa shape index (κ2) is 5.97. The van der Waals surface area contributed by atoms with Crippen molar-refractivity contribution in [3.05, 3.63) is 53.1 Å². The van der Waals surface area contributed by atoms with Crippen molar-refractivity contribution in [3.8, 4) is 0 Å². The first-order chi connectivity index (χ1) is 9.15. The lowest BCUT2D eigenvalue weighted by atomic mass is 9.98. The summed E-state index contributed by atoms with van der Waals surface area (Å²) < 4.78 is 15.2. The molecule has 0 saturated carbocycles. The summed E-state index contributed by atoms with van der Waals surface area (Å²) in [6.07, 6.45) is 2.88. The van der Waals surface area contributed by atoms with Gasteiger partial charge in [0.1, 0.15) is 5.82 Å². The minimum atomic E-state index is -0.206. The maximum Gasteiger partial charge on any atom is 0.123 e. The van der Waals surface area contributed by atoms with Crippen molar-refractivity contribution in [3.63, 3.8) is 0 Å². The highest BCUT2D eigenvalue weighted by atomic mass is 19.1. The number of hydrogen-bond donors (Lipinski definition) is 1. The van der Waals surface area contributed by atoms with Gasteiger partial charge in [-0.2, -0.15) is 5.10 Å². The van der Waals surface area contributed by atoms with Gasteiger partial charge in [0.15, 0.2) is 0 Å². The minimum absolute atomic E-state index is 0.00986. The van der Waals surface area contributed by atoms with Gasteiger partial charge in [0.05, 0.1) is 11.7 Å². The normalized spacial score (nSPS) is 12.6. The molecule has 2 aromatic rings. The molecule has 1 aromatic heterocycles. The molecule has 0 fully saturated rings. The van der Waals surface area contributed by atoms with Gasteiger partial charge in [-0.3, -0.25) is 4.68 Å². The van der Waals surface area contributed by atoms with E-state index in [0.717, 1.165) is 29.8 Å². The van der Waals surface area contributed by atoms with Crippen LogP contribution in [0.3, 0.4) is 0 Å². The molecule has 0 aliphatic heterocycles. The van der Waals surface area contributed by atoms with E-state index in [1.807, 2.05) is 30.9 Å². The molecular weight excluding hydrogens is 241 g/mol. The smallest absolute Gasteiger partial charge is 0.123 e. The molecule has 19 heavy (non-hydrogen) atoms. The SMILES string of the molecule is CCNC(c1cccc(F)c1)c1cn(C)nc1CC. The van der Waals surface area contributed by atoms with E-state index in [4.69, 9.17) is 0 Å². The summed E-state index contributed by atoms with van der Waals surface area (Å²) in [4.78, 5) is 0. The van der Waals surface area contributed by atoms with Crippen LogP contribution in [0.2, 0.25) is 0 Å². The maximum atomic E-state index is 13.4. The first-order valence-corrected chi connectivity index (χ1v) is 6.67. The first-order valence-electron chi connectivity index (χ1n) is 6.67. The molecule has 0 radical (unpaired) electrons. The maximum absolute atomic E-state index is 13.4. The molecule has 3 nitrogen and oxygen atoms in total. The van der Waals surface area contributed by atoms with Crippen molar-refractivity contribution in [1.82, 2.24) is 15.1 Å². The van der Waals surface area contributed by atoms with Crippen molar-refractivity contribution in [2.45, 2.75) is 26.3 Å². The van der Waals surface area contributed by atoms with Crippen LogP contribution in [0.1, 0.15) is 36.7 Å². The van der Waals surface area contributed by atoms with Crippen molar-refractivity contribution >= 4 is 0 Å². The van der Waals surface area contributed by atoms with E-state index in [1.165, 1.54) is 6.07 Å². The summed E-state index contributed by atoms with van der Waals surface area (Å²) in [5.74, 6) is -0.206. The molecule has 1 N–H and O–H groups in total. The number of nitrogens with one attached hydrogen (secondary N) is 1. The summed E-state index contributed by atoms with van der Waals surface area (Å²) in [6.45, 7) is 4.95. The number of hydrogen-bond acceptors (Lipinski definition) is 2. The fourth-order valence-corrected chi connectivity index (χ4v) is 2.37. The van der Waals surface area contributed by atoms with E-state index in [2.05, 4.69) is 17.3 Å². The zero-order chi connectivity index (χ0) is 13.8. The van der Waals surface area contributed by atoms with Gasteiger partial charge in [-0.05, 0) is 30.7 Å². The minimum Gasteiger partial charge on any atom is -0.306 e. The molecule has 0 aliphatic carbocycles. The van der Waals surface area contributed by atoms with E-state index in [-0.39, 0.29) is 11.9 Å². The monoisotopic (exact) mass is 261 g/mol. The van der Waals surface area contributed by atoms with Crippen LogP contribution in [0.15, 0.2) is 30.5 Å². The molecule has 102 valence electrons. The Morgan fingerprint density at radius 1 is 1.37 bits per heavy atom. The predicted octanol–water partition coefficient (Wildman–Crippen LogP) is 2.82. The Balaban J connectivity index is 2.44. The second-order valence-electron chi connectivity index (χ2n) is 4.60. The zero-order valence-electron chi connectivity index (χ0n) is 11.7. The van der Waals surface area contributed by atoms with Gasteiger partial charge in [-0.1, -0.05) is 26.0 Å². The van der Waals surface area contributed by atoms with Crippen LogP contribution in [-0.2, 0) is 13.5 Å². The van der Waals surface area contributed by atoms with Gasteiger partial charge in [0, 0.05) is 18.8 Å². The molecule has 0 aliphatic rings. The third-order valence-corrected chi connectivity index (χ3v) is 3.17. The van der Waals surface area contributed by atoms with Crippen LogP contribution in [0.4, 0.5) is 4.39 Å². The highest BCUT2D eigenvalue weighted by molar-refractivity contribution is 5.33. The Kier molecular flexibility index (Phi) is 4.32. The fraction of sp³-hybridized carbons (Fsp3) is 0.400. The highest BCUT2D eigenvalue weighted by Crippen LogP contribution is 2.25. The van der Waals surface area contributed by atoms with E-state index in [1.54, 1.807) is 12.1 Å². The topological polar surface area (TPSA) is 29.9 Å². The molecule has 0 bridgehead atoms. The Morgan fingerprint density at radius 2 is 2.16 bits per heavy atom. The number of benzene rings is 1. The zero-order valence-corrected chi connectivity index (χ0v) is 11.7. The standard InChI is InChI=1S/C15H20FN3/c1-4-14-13(10-19(3)18-14)15(17-5-2)11-7-6-8-12(16)9-11/h6-10,15,17H,4-5H2,1-3H3. The molecule has 0 saturated heterocycles. The van der Waals surface area contributed by atoms with Crippen molar-refractivity contribution in [2.75, 3.05) is 6.54 Å². The summed E-state index contributed by atoms with van der Waals surface area (Å²) in [6, 6.07) is 6.74. The predicted molar refractivity (Wildman–Crippen MR) is 74.5 cm³/mol. The average Bonchev–Trinajstić information content (AvgIpc) is 2.77. The Bertz CT molecular complexity index is 548. The average molecular weight is 261 g/mol. The fourth-order valence-electron chi connectivity index (χ4n) is 2.37. The molecule has 0 amide bonds. The number of aromatic nitrogens is 2. The number of halogens is 1. The third-order valence-electron chi connectivity index (χ3n) is 3.17. The molecule has 1 unspecified atom stereocenters. The van der Waals surface area contributed by atoms with Crippen LogP contribution in [0.5, 0.6) is 0 Å². The Labute approximate surface area is 113 Å². The molecule has 0 spiro atoms. The summed E-state index contributed by atoms with van der Waals surface area (Å²) in [5.41, 5.74) is 3.11. The van der Waals surface area contributed by atoms with Crippen LogP contribution in [0.25, 0.3) is 0 Å². The molecule has 1 aromatic carbocycles. The van der Waals surface area contributed by atoms with Gasteiger partial charge >= 0.3 is 0 Å². The van der Waals surface area contributed by atoms with Crippen molar-refractivity contribution in [2.24, 2.45) is 7.05 Å². The lowest BCUT2D eigenvalue weighted by Gasteiger charge is -2.18. The van der Waals surface area contributed by atoms with Crippen LogP contribution >= 0.6 is 0 Å². The lowest BCUT2D eigenvalue weighted by molar-refractivity contribution is 0.600. The van der Waals surface area contributed by atoms with Crippen LogP contribution in [0, 0.1) is 5.82 Å². The molecule has 2 rings (SSSR count). The largest absolute Gasteiger partial charge is 0.306 e. The summed E-state index contributed by atoms with van der Waals surface area (Å²) in [5, 5.41) is 7.87. The summed E-state index contributed by atoms with van der Waals surface area (Å²) >= 11 is 0. The van der Waals surface area contributed by atoms with Gasteiger partial charge in [-0.25, -0.2) is 4.39 Å². The van der Waals surface area contributed by atoms with Crippen LogP contribution in [-0.4, -0.2) is 16.3 Å². The molecular formula is C15H20FN3. The summed E-state index contributed by atoms with van der Waals surface area (Å²) in [7, 11) is 1.91. The molecule has 1 heterocycles.